The lowest BCUT2D eigenvalue weighted by molar-refractivity contribution is -0.137. The zero-order chi connectivity index (χ0) is 22.8. The molecule has 2 amide bonds. The first kappa shape index (κ1) is 19.9. The molecule has 2 aromatic carbocycles. The van der Waals surface area contributed by atoms with Crippen LogP contribution >= 0.6 is 0 Å². The van der Waals surface area contributed by atoms with Crippen LogP contribution in [-0.4, -0.2) is 26.6 Å². The van der Waals surface area contributed by atoms with E-state index in [-0.39, 0.29) is 22.5 Å². The number of hydrogen-bond acceptors (Lipinski definition) is 4. The van der Waals surface area contributed by atoms with E-state index in [1.165, 1.54) is 41.2 Å². The fourth-order valence-electron chi connectivity index (χ4n) is 3.78. The van der Waals surface area contributed by atoms with E-state index in [1.807, 2.05) is 0 Å². The maximum Gasteiger partial charge on any atom is 0.416 e. The summed E-state index contributed by atoms with van der Waals surface area (Å²) < 4.78 is 54.1. The average molecular weight is 440 g/mol. The van der Waals surface area contributed by atoms with Crippen molar-refractivity contribution in [2.45, 2.75) is 13.1 Å². The van der Waals surface area contributed by atoms with Gasteiger partial charge >= 0.3 is 6.18 Å². The van der Waals surface area contributed by atoms with E-state index in [0.717, 1.165) is 18.2 Å². The number of fused-ring (bicyclic) bond motifs is 3. The van der Waals surface area contributed by atoms with Crippen LogP contribution in [0.5, 0.6) is 0 Å². The molecule has 4 aromatic rings. The molecule has 32 heavy (non-hydrogen) atoms. The molecule has 5 rings (SSSR count). The van der Waals surface area contributed by atoms with Gasteiger partial charge in [-0.15, -0.1) is 0 Å². The first-order valence-electron chi connectivity index (χ1n) is 9.37. The van der Waals surface area contributed by atoms with E-state index in [1.54, 1.807) is 6.92 Å². The summed E-state index contributed by atoms with van der Waals surface area (Å²) in [6, 6.07) is 9.46. The van der Waals surface area contributed by atoms with E-state index in [4.69, 9.17) is 0 Å². The zero-order valence-corrected chi connectivity index (χ0v) is 16.3. The monoisotopic (exact) mass is 440 g/mol. The molecule has 10 heteroatoms. The lowest BCUT2D eigenvalue weighted by Gasteiger charge is -2.16. The van der Waals surface area contributed by atoms with Crippen LogP contribution in [0.15, 0.2) is 54.7 Å². The van der Waals surface area contributed by atoms with Crippen LogP contribution < -0.4 is 4.90 Å². The van der Waals surface area contributed by atoms with E-state index < -0.39 is 29.4 Å². The number of imide groups is 1. The zero-order valence-electron chi connectivity index (χ0n) is 16.3. The van der Waals surface area contributed by atoms with Crippen LogP contribution in [0.1, 0.15) is 32.0 Å². The molecule has 1 aliphatic heterocycles. The summed E-state index contributed by atoms with van der Waals surface area (Å²) in [6.45, 7) is 1.62. The molecular formula is C22H12F4N4O2. The van der Waals surface area contributed by atoms with Crippen molar-refractivity contribution in [3.05, 3.63) is 82.9 Å². The first-order valence-corrected chi connectivity index (χ1v) is 9.37. The van der Waals surface area contributed by atoms with Gasteiger partial charge < -0.3 is 0 Å². The summed E-state index contributed by atoms with van der Waals surface area (Å²) in [5.74, 6) is -1.97. The number of benzene rings is 2. The standard InChI is InChI=1S/C22H12F4N4O2/c1-11-17-18-16(10-27-19(17)30(28-11)14-7-5-13(23)6-8-14)20(31)29(21(18)32)15-4-2-3-12(9-15)22(24,25)26/h2-10H,1H3. The molecule has 0 saturated carbocycles. The number of carbonyl (C=O) groups excluding carboxylic acids is 2. The number of anilines is 1. The topological polar surface area (TPSA) is 68.1 Å². The molecule has 0 unspecified atom stereocenters. The first-order chi connectivity index (χ1) is 15.2. The number of pyridine rings is 1. The van der Waals surface area contributed by atoms with Crippen molar-refractivity contribution in [1.29, 1.82) is 0 Å². The molecule has 0 radical (unpaired) electrons. The van der Waals surface area contributed by atoms with Gasteiger partial charge in [0.25, 0.3) is 11.8 Å². The normalized spacial score (nSPS) is 13.8. The minimum Gasteiger partial charge on any atom is -0.268 e. The maximum absolute atomic E-state index is 13.3. The van der Waals surface area contributed by atoms with Crippen LogP contribution in [0.25, 0.3) is 16.7 Å². The second-order valence-corrected chi connectivity index (χ2v) is 7.21. The minimum atomic E-state index is -4.63. The highest BCUT2D eigenvalue weighted by atomic mass is 19.4. The highest BCUT2D eigenvalue weighted by molar-refractivity contribution is 6.37. The minimum absolute atomic E-state index is 0.0169. The Morgan fingerprint density at radius 3 is 2.34 bits per heavy atom. The summed E-state index contributed by atoms with van der Waals surface area (Å²) in [6.07, 6.45) is -3.43. The quantitative estimate of drug-likeness (QED) is 0.335. The van der Waals surface area contributed by atoms with Crippen LogP contribution in [0.2, 0.25) is 0 Å². The molecule has 0 fully saturated rings. The molecule has 3 heterocycles. The van der Waals surface area contributed by atoms with E-state index in [2.05, 4.69) is 10.1 Å². The Kier molecular flexibility index (Phi) is 4.16. The third-order valence-electron chi connectivity index (χ3n) is 5.22. The van der Waals surface area contributed by atoms with Crippen molar-refractivity contribution < 1.29 is 27.2 Å². The van der Waals surface area contributed by atoms with Crippen molar-refractivity contribution in [2.75, 3.05) is 4.90 Å². The fourth-order valence-corrected chi connectivity index (χ4v) is 3.78. The van der Waals surface area contributed by atoms with Gasteiger partial charge in [0.05, 0.1) is 39.1 Å². The fraction of sp³-hybridized carbons (Fsp3) is 0.0909. The second-order valence-electron chi connectivity index (χ2n) is 7.21. The molecule has 0 spiro atoms. The van der Waals surface area contributed by atoms with Crippen LogP contribution in [0, 0.1) is 12.7 Å². The van der Waals surface area contributed by atoms with Gasteiger partial charge in [0, 0.05) is 6.20 Å². The Balaban J connectivity index is 1.67. The largest absolute Gasteiger partial charge is 0.416 e. The number of alkyl halides is 3. The molecule has 160 valence electrons. The lowest BCUT2D eigenvalue weighted by Crippen LogP contribution is -2.29. The van der Waals surface area contributed by atoms with Gasteiger partial charge in [0.15, 0.2) is 5.65 Å². The van der Waals surface area contributed by atoms with Gasteiger partial charge in [-0.05, 0) is 49.4 Å². The third-order valence-corrected chi connectivity index (χ3v) is 5.22. The van der Waals surface area contributed by atoms with Gasteiger partial charge in [-0.2, -0.15) is 18.3 Å². The highest BCUT2D eigenvalue weighted by Gasteiger charge is 2.41. The number of aryl methyl sites for hydroxylation is 1. The lowest BCUT2D eigenvalue weighted by atomic mass is 10.1. The predicted octanol–water partition coefficient (Wildman–Crippen LogP) is 4.69. The average Bonchev–Trinajstić information content (AvgIpc) is 3.22. The Bertz CT molecular complexity index is 1420. The number of nitrogens with zero attached hydrogens (tertiary/aromatic N) is 4. The summed E-state index contributed by atoms with van der Waals surface area (Å²) in [7, 11) is 0. The van der Waals surface area contributed by atoms with E-state index >= 15 is 0 Å². The third kappa shape index (κ3) is 2.87. The highest BCUT2D eigenvalue weighted by Crippen LogP contribution is 2.37. The summed E-state index contributed by atoms with van der Waals surface area (Å²) in [5.41, 5.74) is -0.0353. The Morgan fingerprint density at radius 1 is 0.938 bits per heavy atom. The number of hydrogen-bond donors (Lipinski definition) is 0. The molecule has 0 atom stereocenters. The predicted molar refractivity (Wildman–Crippen MR) is 106 cm³/mol. The van der Waals surface area contributed by atoms with Gasteiger partial charge in [0.2, 0.25) is 0 Å². The van der Waals surface area contributed by atoms with Gasteiger partial charge in [-0.1, -0.05) is 6.07 Å². The molecular weight excluding hydrogens is 428 g/mol. The molecule has 0 N–H and O–H groups in total. The van der Waals surface area contributed by atoms with Crippen molar-refractivity contribution in [2.24, 2.45) is 0 Å². The van der Waals surface area contributed by atoms with Gasteiger partial charge in [-0.25, -0.2) is 19.0 Å². The molecule has 6 nitrogen and oxygen atoms in total. The molecule has 2 aromatic heterocycles. The van der Waals surface area contributed by atoms with Gasteiger partial charge in [0.1, 0.15) is 5.82 Å². The van der Waals surface area contributed by atoms with Crippen LogP contribution in [-0.2, 0) is 6.18 Å². The molecule has 0 aliphatic carbocycles. The van der Waals surface area contributed by atoms with E-state index in [9.17, 15) is 27.2 Å². The summed E-state index contributed by atoms with van der Waals surface area (Å²) in [5, 5.41) is 4.68. The molecule has 1 aliphatic rings. The summed E-state index contributed by atoms with van der Waals surface area (Å²) >= 11 is 0. The number of carbonyl (C=O) groups is 2. The summed E-state index contributed by atoms with van der Waals surface area (Å²) in [4.78, 5) is 31.2. The maximum atomic E-state index is 13.3. The Hall–Kier alpha value is -4.08. The number of rotatable bonds is 2. The van der Waals surface area contributed by atoms with Crippen LogP contribution in [0.4, 0.5) is 23.2 Å². The number of aromatic nitrogens is 3. The number of amides is 2. The number of halogens is 4. The smallest absolute Gasteiger partial charge is 0.268 e. The van der Waals surface area contributed by atoms with Crippen molar-refractivity contribution in [3.63, 3.8) is 0 Å². The Morgan fingerprint density at radius 2 is 1.66 bits per heavy atom. The SMILES string of the molecule is Cc1nn(-c2ccc(F)cc2)c2ncc3c(c12)C(=O)N(c1cccc(C(F)(F)F)c1)C3=O. The van der Waals surface area contributed by atoms with E-state index in [0.29, 0.717) is 21.7 Å². The Labute approximate surface area is 177 Å². The van der Waals surface area contributed by atoms with Crippen molar-refractivity contribution >= 4 is 28.5 Å². The molecule has 0 bridgehead atoms. The van der Waals surface area contributed by atoms with Gasteiger partial charge in [-0.3, -0.25) is 9.59 Å². The molecule has 0 saturated heterocycles. The van der Waals surface area contributed by atoms with Crippen molar-refractivity contribution in [3.8, 4) is 5.69 Å². The van der Waals surface area contributed by atoms with Crippen LogP contribution in [0.3, 0.4) is 0 Å². The second kappa shape index (κ2) is 6.71. The van der Waals surface area contributed by atoms with Crippen molar-refractivity contribution in [1.82, 2.24) is 14.8 Å².